The van der Waals surface area contributed by atoms with Crippen molar-refractivity contribution < 1.29 is 9.59 Å². The Balaban J connectivity index is 0.00000210. The fourth-order valence-corrected chi connectivity index (χ4v) is 3.51. The van der Waals surface area contributed by atoms with E-state index >= 15 is 0 Å². The third-order valence-corrected chi connectivity index (χ3v) is 5.33. The molecule has 0 bridgehead atoms. The van der Waals surface area contributed by atoms with Crippen LogP contribution < -0.4 is 11.1 Å². The summed E-state index contributed by atoms with van der Waals surface area (Å²) in [7, 11) is 0. The maximum atomic E-state index is 13.0. The van der Waals surface area contributed by atoms with Gasteiger partial charge >= 0.3 is 0 Å². The lowest BCUT2D eigenvalue weighted by Crippen LogP contribution is -2.37. The smallest absolute Gasteiger partial charge is 0.254 e. The molecule has 1 saturated heterocycles. The Hall–Kier alpha value is -2.37. The number of nitrogens with two attached hydrogens (primary N) is 1. The van der Waals surface area contributed by atoms with Gasteiger partial charge in [0.25, 0.3) is 5.91 Å². The fourth-order valence-electron chi connectivity index (χ4n) is 3.51. The lowest BCUT2D eigenvalue weighted by molar-refractivity contribution is -0.118. The number of hydrogen-bond donors (Lipinski definition) is 2. The summed E-state index contributed by atoms with van der Waals surface area (Å²) in [6.45, 7) is 0.770. The Labute approximate surface area is 165 Å². The summed E-state index contributed by atoms with van der Waals surface area (Å²) in [6.07, 6.45) is 3.46. The molecular weight excluding hydrogens is 362 g/mol. The molecule has 1 heterocycles. The number of nitrogens with one attached hydrogen (secondary N) is 1. The van der Waals surface area contributed by atoms with Crippen molar-refractivity contribution in [3.05, 3.63) is 65.7 Å². The molecule has 5 nitrogen and oxygen atoms in total. The van der Waals surface area contributed by atoms with Crippen LogP contribution in [-0.4, -0.2) is 28.8 Å². The average Bonchev–Trinajstić information content (AvgIpc) is 3.24. The van der Waals surface area contributed by atoms with Crippen LogP contribution in [0.15, 0.2) is 54.6 Å². The van der Waals surface area contributed by atoms with Crippen LogP contribution in [0, 0.1) is 0 Å². The first kappa shape index (κ1) is 19.4. The molecule has 4 rings (SSSR count). The van der Waals surface area contributed by atoms with Crippen LogP contribution in [0.2, 0.25) is 0 Å². The molecule has 1 unspecified atom stereocenters. The zero-order chi connectivity index (χ0) is 18.1. The number of hydrogen-bond acceptors (Lipinski definition) is 3. The first-order chi connectivity index (χ1) is 12.6. The molecule has 27 heavy (non-hydrogen) atoms. The molecule has 2 fully saturated rings. The number of nitrogens with zero attached hydrogens (tertiary/aromatic N) is 1. The normalized spacial score (nSPS) is 19.9. The highest BCUT2D eigenvalue weighted by atomic mass is 35.5. The molecule has 2 aliphatic rings. The van der Waals surface area contributed by atoms with E-state index in [4.69, 9.17) is 5.73 Å². The molecule has 142 valence electrons. The number of rotatable bonds is 4. The van der Waals surface area contributed by atoms with E-state index in [0.717, 1.165) is 32.2 Å². The van der Waals surface area contributed by atoms with Gasteiger partial charge in [-0.15, -0.1) is 12.4 Å². The van der Waals surface area contributed by atoms with E-state index in [1.807, 2.05) is 23.1 Å². The Morgan fingerprint density at radius 2 is 1.70 bits per heavy atom. The number of benzene rings is 2. The van der Waals surface area contributed by atoms with Crippen molar-refractivity contribution >= 4 is 29.9 Å². The molecule has 3 N–H and O–H groups in total. The van der Waals surface area contributed by atoms with E-state index in [2.05, 4.69) is 17.4 Å². The Morgan fingerprint density at radius 1 is 1.04 bits per heavy atom. The van der Waals surface area contributed by atoms with Crippen molar-refractivity contribution in [2.75, 3.05) is 11.9 Å². The van der Waals surface area contributed by atoms with Crippen molar-refractivity contribution in [2.24, 2.45) is 5.73 Å². The molecule has 6 heteroatoms. The molecule has 1 atom stereocenters. The number of anilines is 1. The molecule has 0 radical (unpaired) electrons. The van der Waals surface area contributed by atoms with Gasteiger partial charge in [0, 0.05) is 17.8 Å². The van der Waals surface area contributed by atoms with Gasteiger partial charge < -0.3 is 16.0 Å². The number of carbonyl (C=O) groups excluding carboxylic acids is 2. The Morgan fingerprint density at radius 3 is 2.33 bits per heavy atom. The minimum absolute atomic E-state index is 0. The minimum atomic E-state index is -0.701. The zero-order valence-corrected chi connectivity index (χ0v) is 15.9. The van der Waals surface area contributed by atoms with Gasteiger partial charge in [-0.05, 0) is 55.5 Å². The zero-order valence-electron chi connectivity index (χ0n) is 15.1. The van der Waals surface area contributed by atoms with E-state index in [1.54, 1.807) is 24.3 Å². The van der Waals surface area contributed by atoms with Crippen LogP contribution >= 0.6 is 12.4 Å². The van der Waals surface area contributed by atoms with Gasteiger partial charge in [0.05, 0.1) is 11.6 Å². The van der Waals surface area contributed by atoms with Crippen molar-refractivity contribution in [1.82, 2.24) is 4.90 Å². The van der Waals surface area contributed by atoms with Crippen LogP contribution in [0.5, 0.6) is 0 Å². The minimum Gasteiger partial charge on any atom is -0.332 e. The van der Waals surface area contributed by atoms with Gasteiger partial charge in [-0.3, -0.25) is 9.59 Å². The third kappa shape index (κ3) is 3.99. The second-order valence-corrected chi connectivity index (χ2v) is 7.25. The summed E-state index contributed by atoms with van der Waals surface area (Å²) >= 11 is 0. The largest absolute Gasteiger partial charge is 0.332 e. The highest BCUT2D eigenvalue weighted by Gasteiger charge is 2.45. The van der Waals surface area contributed by atoms with Gasteiger partial charge in [0.2, 0.25) is 5.91 Å². The summed E-state index contributed by atoms with van der Waals surface area (Å²) in [4.78, 5) is 26.9. The van der Waals surface area contributed by atoms with Crippen molar-refractivity contribution in [1.29, 1.82) is 0 Å². The maximum absolute atomic E-state index is 13.0. The summed E-state index contributed by atoms with van der Waals surface area (Å²) in [5.41, 5.74) is 7.68. The topological polar surface area (TPSA) is 75.4 Å². The standard InChI is InChI=1S/C21H23N3O2.ClH/c22-21(12-13-21)20(26)23-17-10-8-16(9-11-17)19(25)24-14-4-7-18(24)15-5-2-1-3-6-15;/h1-3,5-6,8-11,18H,4,7,12-14,22H2,(H,23,26);1H. The Kier molecular flexibility index (Phi) is 5.53. The molecule has 0 spiro atoms. The van der Waals surface area contributed by atoms with Gasteiger partial charge in [0.15, 0.2) is 0 Å². The predicted molar refractivity (Wildman–Crippen MR) is 108 cm³/mol. The lowest BCUT2D eigenvalue weighted by atomic mass is 10.0. The number of carbonyl (C=O) groups is 2. The molecular formula is C21H24ClN3O2. The van der Waals surface area contributed by atoms with E-state index < -0.39 is 5.54 Å². The monoisotopic (exact) mass is 385 g/mol. The fraction of sp³-hybridized carbons (Fsp3) is 0.333. The van der Waals surface area contributed by atoms with Crippen LogP contribution in [0.3, 0.4) is 0 Å². The molecule has 0 aromatic heterocycles. The van der Waals surface area contributed by atoms with Gasteiger partial charge in [-0.25, -0.2) is 0 Å². The summed E-state index contributed by atoms with van der Waals surface area (Å²) in [5.74, 6) is -0.119. The van der Waals surface area contributed by atoms with E-state index in [0.29, 0.717) is 11.3 Å². The quantitative estimate of drug-likeness (QED) is 0.845. The van der Waals surface area contributed by atoms with Crippen LogP contribution in [0.1, 0.15) is 47.6 Å². The van der Waals surface area contributed by atoms with Crippen LogP contribution in [-0.2, 0) is 4.79 Å². The van der Waals surface area contributed by atoms with Crippen LogP contribution in [0.4, 0.5) is 5.69 Å². The first-order valence-corrected chi connectivity index (χ1v) is 9.13. The van der Waals surface area contributed by atoms with Gasteiger partial charge in [-0.1, -0.05) is 30.3 Å². The van der Waals surface area contributed by atoms with Crippen LogP contribution in [0.25, 0.3) is 0 Å². The van der Waals surface area contributed by atoms with Crippen molar-refractivity contribution in [3.63, 3.8) is 0 Å². The number of likely N-dealkylation sites (tertiary alicyclic amines) is 1. The highest BCUT2D eigenvalue weighted by Crippen LogP contribution is 2.34. The van der Waals surface area contributed by atoms with E-state index in [-0.39, 0.29) is 30.3 Å². The van der Waals surface area contributed by atoms with E-state index in [1.165, 1.54) is 5.56 Å². The molecule has 1 aliphatic carbocycles. The molecule has 1 aliphatic heterocycles. The van der Waals surface area contributed by atoms with E-state index in [9.17, 15) is 9.59 Å². The first-order valence-electron chi connectivity index (χ1n) is 9.13. The number of halogens is 1. The molecule has 2 aromatic rings. The summed E-state index contributed by atoms with van der Waals surface area (Å²) < 4.78 is 0. The second kappa shape index (κ2) is 7.71. The number of amides is 2. The SMILES string of the molecule is Cl.NC1(C(=O)Nc2ccc(C(=O)N3CCCC3c3ccccc3)cc2)CC1. The molecule has 2 aromatic carbocycles. The second-order valence-electron chi connectivity index (χ2n) is 7.25. The van der Waals surface area contributed by atoms with Crippen molar-refractivity contribution in [3.8, 4) is 0 Å². The lowest BCUT2D eigenvalue weighted by Gasteiger charge is -2.25. The predicted octanol–water partition coefficient (Wildman–Crippen LogP) is 3.52. The Bertz CT molecular complexity index is 819. The summed E-state index contributed by atoms with van der Waals surface area (Å²) in [6, 6.07) is 17.4. The van der Waals surface area contributed by atoms with Gasteiger partial charge in [0.1, 0.15) is 0 Å². The average molecular weight is 386 g/mol. The molecule has 1 saturated carbocycles. The maximum Gasteiger partial charge on any atom is 0.254 e. The van der Waals surface area contributed by atoms with Crippen molar-refractivity contribution in [2.45, 2.75) is 37.3 Å². The summed E-state index contributed by atoms with van der Waals surface area (Å²) in [5, 5.41) is 2.83. The van der Waals surface area contributed by atoms with Gasteiger partial charge in [-0.2, -0.15) is 0 Å². The highest BCUT2D eigenvalue weighted by molar-refractivity contribution is 6.00. The third-order valence-electron chi connectivity index (χ3n) is 5.33. The molecule has 2 amide bonds.